The summed E-state index contributed by atoms with van der Waals surface area (Å²) in [6, 6.07) is 7.18. The van der Waals surface area contributed by atoms with Crippen LogP contribution in [0.3, 0.4) is 0 Å². The van der Waals surface area contributed by atoms with Crippen molar-refractivity contribution in [2.24, 2.45) is 5.92 Å². The fourth-order valence-electron chi connectivity index (χ4n) is 2.76. The number of benzene rings is 1. The van der Waals surface area contributed by atoms with E-state index in [1.54, 1.807) is 29.2 Å². The van der Waals surface area contributed by atoms with Gasteiger partial charge in [-0.15, -0.1) is 10.2 Å². The van der Waals surface area contributed by atoms with Crippen molar-refractivity contribution in [2.75, 3.05) is 18.4 Å². The van der Waals surface area contributed by atoms with Gasteiger partial charge in [0.1, 0.15) is 0 Å². The van der Waals surface area contributed by atoms with Gasteiger partial charge in [0, 0.05) is 24.3 Å². The number of carbonyl (C=O) groups is 2. The van der Waals surface area contributed by atoms with Crippen LogP contribution in [-0.2, 0) is 9.59 Å². The van der Waals surface area contributed by atoms with Gasteiger partial charge in [-0.1, -0.05) is 6.58 Å². The first kappa shape index (κ1) is 15.9. The quantitative estimate of drug-likeness (QED) is 0.869. The number of carbonyl (C=O) groups excluding carboxylic acids is 2. The van der Waals surface area contributed by atoms with Crippen molar-refractivity contribution >= 4 is 17.5 Å². The van der Waals surface area contributed by atoms with Gasteiger partial charge in [0.15, 0.2) is 0 Å². The molecular weight excluding hydrogens is 308 g/mol. The van der Waals surface area contributed by atoms with E-state index in [4.69, 9.17) is 4.42 Å². The van der Waals surface area contributed by atoms with Gasteiger partial charge >= 0.3 is 0 Å². The first-order valence-electron chi connectivity index (χ1n) is 7.76. The molecule has 24 heavy (non-hydrogen) atoms. The number of aromatic nitrogens is 2. The van der Waals surface area contributed by atoms with Crippen molar-refractivity contribution in [1.29, 1.82) is 0 Å². The van der Waals surface area contributed by atoms with Crippen molar-refractivity contribution in [3.05, 3.63) is 43.3 Å². The Morgan fingerprint density at radius 2 is 2.12 bits per heavy atom. The second-order valence-corrected chi connectivity index (χ2v) is 5.64. The summed E-state index contributed by atoms with van der Waals surface area (Å²) in [5.74, 6) is 0.00974. The highest BCUT2D eigenvalue weighted by molar-refractivity contribution is 5.94. The normalized spacial score (nSPS) is 17.3. The van der Waals surface area contributed by atoms with Crippen molar-refractivity contribution in [3.8, 4) is 11.5 Å². The van der Waals surface area contributed by atoms with Gasteiger partial charge in [-0.05, 0) is 43.2 Å². The molecule has 1 aromatic heterocycles. The monoisotopic (exact) mass is 326 g/mol. The zero-order valence-corrected chi connectivity index (χ0v) is 13.1. The molecule has 1 N–H and O–H groups in total. The van der Waals surface area contributed by atoms with E-state index in [2.05, 4.69) is 22.1 Å². The third kappa shape index (κ3) is 3.51. The summed E-state index contributed by atoms with van der Waals surface area (Å²) in [5.41, 5.74) is 1.47. The van der Waals surface area contributed by atoms with Crippen molar-refractivity contribution in [1.82, 2.24) is 15.1 Å². The zero-order chi connectivity index (χ0) is 16.9. The lowest BCUT2D eigenvalue weighted by Gasteiger charge is -2.31. The summed E-state index contributed by atoms with van der Waals surface area (Å²) in [5, 5.41) is 10.4. The van der Waals surface area contributed by atoms with Gasteiger partial charge in [0.05, 0.1) is 5.92 Å². The van der Waals surface area contributed by atoms with Crippen molar-refractivity contribution in [2.45, 2.75) is 12.8 Å². The molecule has 1 aromatic carbocycles. The Morgan fingerprint density at radius 1 is 1.33 bits per heavy atom. The molecule has 124 valence electrons. The molecular formula is C17H18N4O3. The van der Waals surface area contributed by atoms with Crippen LogP contribution in [0.15, 0.2) is 47.7 Å². The minimum Gasteiger partial charge on any atom is -0.423 e. The van der Waals surface area contributed by atoms with Crippen LogP contribution in [0.2, 0.25) is 0 Å². The molecule has 0 spiro atoms. The van der Waals surface area contributed by atoms with E-state index in [-0.39, 0.29) is 17.7 Å². The average molecular weight is 326 g/mol. The molecule has 1 unspecified atom stereocenters. The first-order valence-corrected chi connectivity index (χ1v) is 7.76. The maximum Gasteiger partial charge on any atom is 0.247 e. The lowest BCUT2D eigenvalue weighted by Crippen LogP contribution is -2.43. The average Bonchev–Trinajstić information content (AvgIpc) is 3.16. The lowest BCUT2D eigenvalue weighted by molar-refractivity contribution is -0.130. The number of amides is 2. The number of piperidine rings is 1. The molecule has 0 aliphatic carbocycles. The van der Waals surface area contributed by atoms with E-state index in [9.17, 15) is 9.59 Å². The van der Waals surface area contributed by atoms with Crippen LogP contribution in [0.4, 0.5) is 5.69 Å². The molecule has 1 aliphatic rings. The highest BCUT2D eigenvalue weighted by atomic mass is 16.4. The predicted molar refractivity (Wildman–Crippen MR) is 87.9 cm³/mol. The Hall–Kier alpha value is -2.96. The number of rotatable bonds is 4. The Labute approximate surface area is 139 Å². The molecule has 0 bridgehead atoms. The molecule has 1 fully saturated rings. The van der Waals surface area contributed by atoms with E-state index in [0.717, 1.165) is 18.4 Å². The van der Waals surface area contributed by atoms with Crippen LogP contribution in [0.25, 0.3) is 11.5 Å². The van der Waals surface area contributed by atoms with Crippen LogP contribution in [0.1, 0.15) is 12.8 Å². The number of hydrogen-bond acceptors (Lipinski definition) is 5. The first-order chi connectivity index (χ1) is 11.7. The molecule has 2 amide bonds. The van der Waals surface area contributed by atoms with E-state index in [1.807, 2.05) is 0 Å². The summed E-state index contributed by atoms with van der Waals surface area (Å²) in [4.78, 5) is 25.8. The lowest BCUT2D eigenvalue weighted by atomic mass is 9.97. The topological polar surface area (TPSA) is 88.3 Å². The number of nitrogens with zero attached hydrogens (tertiary/aromatic N) is 3. The molecule has 2 heterocycles. The van der Waals surface area contributed by atoms with Crippen LogP contribution < -0.4 is 5.32 Å². The van der Waals surface area contributed by atoms with Gasteiger partial charge < -0.3 is 14.6 Å². The van der Waals surface area contributed by atoms with E-state index < -0.39 is 0 Å². The highest BCUT2D eigenvalue weighted by Crippen LogP contribution is 2.21. The molecule has 1 saturated heterocycles. The van der Waals surface area contributed by atoms with Gasteiger partial charge in [0.2, 0.25) is 24.1 Å². The Bertz CT molecular complexity index is 725. The van der Waals surface area contributed by atoms with Crippen molar-refractivity contribution in [3.63, 3.8) is 0 Å². The number of nitrogens with one attached hydrogen (secondary N) is 1. The Morgan fingerprint density at radius 3 is 2.79 bits per heavy atom. The molecule has 1 atom stereocenters. The number of anilines is 1. The van der Waals surface area contributed by atoms with Crippen LogP contribution >= 0.6 is 0 Å². The predicted octanol–water partition coefficient (Wildman–Crippen LogP) is 2.10. The molecule has 3 rings (SSSR count). The fraction of sp³-hybridized carbons (Fsp3) is 0.294. The standard InChI is InChI=1S/C17H18N4O3/c1-2-15(22)21-9-3-4-13(10-21)16(23)19-14-7-5-12(6-8-14)17-20-18-11-24-17/h2,5-8,11,13H,1,3-4,9-10H2,(H,19,23). The number of hydrogen-bond donors (Lipinski definition) is 1. The highest BCUT2D eigenvalue weighted by Gasteiger charge is 2.27. The maximum atomic E-state index is 12.4. The van der Waals surface area contributed by atoms with Gasteiger partial charge in [-0.2, -0.15) is 0 Å². The minimum absolute atomic E-state index is 0.0814. The minimum atomic E-state index is -0.210. The maximum absolute atomic E-state index is 12.4. The third-order valence-corrected chi connectivity index (χ3v) is 4.04. The zero-order valence-electron chi connectivity index (χ0n) is 13.1. The van der Waals surface area contributed by atoms with Gasteiger partial charge in [-0.25, -0.2) is 0 Å². The summed E-state index contributed by atoms with van der Waals surface area (Å²) in [7, 11) is 0. The second-order valence-electron chi connectivity index (χ2n) is 5.64. The molecule has 1 aliphatic heterocycles. The SMILES string of the molecule is C=CC(=O)N1CCCC(C(=O)Nc2ccc(-c3nnco3)cc2)C1. The van der Waals surface area contributed by atoms with E-state index in [0.29, 0.717) is 24.7 Å². The van der Waals surface area contributed by atoms with E-state index >= 15 is 0 Å². The fourth-order valence-corrected chi connectivity index (χ4v) is 2.76. The Balaban J connectivity index is 1.62. The van der Waals surface area contributed by atoms with Crippen LogP contribution in [0.5, 0.6) is 0 Å². The molecule has 2 aromatic rings. The summed E-state index contributed by atoms with van der Waals surface area (Å²) >= 11 is 0. The summed E-state index contributed by atoms with van der Waals surface area (Å²) in [6.45, 7) is 4.60. The molecule has 7 nitrogen and oxygen atoms in total. The number of likely N-dealkylation sites (tertiary alicyclic amines) is 1. The van der Waals surface area contributed by atoms with Crippen LogP contribution in [0, 0.1) is 5.92 Å². The van der Waals surface area contributed by atoms with E-state index in [1.165, 1.54) is 12.5 Å². The Kier molecular flexibility index (Phi) is 4.69. The molecule has 0 radical (unpaired) electrons. The van der Waals surface area contributed by atoms with Crippen molar-refractivity contribution < 1.29 is 14.0 Å². The summed E-state index contributed by atoms with van der Waals surface area (Å²) in [6.07, 6.45) is 4.14. The van der Waals surface area contributed by atoms with Gasteiger partial charge in [-0.3, -0.25) is 9.59 Å². The van der Waals surface area contributed by atoms with Crippen LogP contribution in [-0.4, -0.2) is 40.0 Å². The van der Waals surface area contributed by atoms with Gasteiger partial charge in [0.25, 0.3) is 0 Å². The molecule has 7 heteroatoms. The second kappa shape index (κ2) is 7.08. The largest absolute Gasteiger partial charge is 0.423 e. The third-order valence-electron chi connectivity index (χ3n) is 4.04. The smallest absolute Gasteiger partial charge is 0.247 e. The summed E-state index contributed by atoms with van der Waals surface area (Å²) < 4.78 is 5.13. The molecule has 0 saturated carbocycles.